The van der Waals surface area contributed by atoms with Gasteiger partial charge >= 0.3 is 0 Å². The molecule has 0 spiro atoms. The molecule has 0 fully saturated rings. The molecular weight excluding hydrogens is 452 g/mol. The first-order valence-electron chi connectivity index (χ1n) is 12.2. The van der Waals surface area contributed by atoms with E-state index in [9.17, 15) is 14.7 Å². The second-order valence-electron chi connectivity index (χ2n) is 8.70. The van der Waals surface area contributed by atoms with Crippen molar-refractivity contribution in [3.8, 4) is 5.75 Å². The number of amides is 1. The summed E-state index contributed by atoms with van der Waals surface area (Å²) in [6.07, 6.45) is 9.54. The third-order valence-corrected chi connectivity index (χ3v) is 6.06. The number of allylic oxidation sites excluding steroid dienone is 1. The number of nitrogens with zero attached hydrogens (tertiary/aromatic N) is 2. The fraction of sp³-hybridized carbons (Fsp3) is 0.233. The molecule has 184 valence electrons. The van der Waals surface area contributed by atoms with Crippen molar-refractivity contribution in [1.82, 2.24) is 9.88 Å². The molecule has 0 aliphatic carbocycles. The van der Waals surface area contributed by atoms with Crippen molar-refractivity contribution in [1.29, 1.82) is 0 Å². The Balaban J connectivity index is 1.67. The molecule has 2 aromatic carbocycles. The van der Waals surface area contributed by atoms with Crippen molar-refractivity contribution in [2.24, 2.45) is 0 Å². The Morgan fingerprint density at radius 2 is 1.92 bits per heavy atom. The van der Waals surface area contributed by atoms with Gasteiger partial charge < -0.3 is 14.7 Å². The van der Waals surface area contributed by atoms with Gasteiger partial charge in [0.25, 0.3) is 5.91 Å². The molecule has 1 aromatic heterocycles. The Bertz CT molecular complexity index is 1250. The van der Waals surface area contributed by atoms with Gasteiger partial charge in [0.15, 0.2) is 11.5 Å². The van der Waals surface area contributed by atoms with Gasteiger partial charge in [-0.25, -0.2) is 0 Å². The van der Waals surface area contributed by atoms with E-state index < -0.39 is 23.5 Å². The minimum Gasteiger partial charge on any atom is -0.503 e. The number of ketones is 1. The summed E-state index contributed by atoms with van der Waals surface area (Å²) in [5.41, 5.74) is 2.39. The molecule has 1 aliphatic rings. The molecule has 0 saturated carbocycles. The smallest absolute Gasteiger partial charge is 0.290 e. The summed E-state index contributed by atoms with van der Waals surface area (Å²) in [5, 5.41) is 10.9. The number of aromatic nitrogens is 1. The highest BCUT2D eigenvalue weighted by molar-refractivity contribution is 6.14. The van der Waals surface area contributed by atoms with E-state index in [4.69, 9.17) is 4.74 Å². The summed E-state index contributed by atoms with van der Waals surface area (Å²) >= 11 is 0. The quantitative estimate of drug-likeness (QED) is 0.275. The average Bonchev–Trinajstić information content (AvgIpc) is 3.16. The predicted molar refractivity (Wildman–Crippen MR) is 139 cm³/mol. The standard InChI is InChI=1S/C30H30N2O4/c1-2-3-7-18-36-25-14-8-13-24(19-25)28-27(26(33)16-15-22-10-5-4-6-11-22)29(34)30(35)32(28)21-23-12-9-17-31-20-23/h4-6,8-17,19-20,28,34H,2-3,7,18,21H2,1H3/b16-15+. The van der Waals surface area contributed by atoms with E-state index in [1.54, 1.807) is 24.5 Å². The summed E-state index contributed by atoms with van der Waals surface area (Å²) in [5.74, 6) is -0.872. The summed E-state index contributed by atoms with van der Waals surface area (Å²) in [4.78, 5) is 32.2. The average molecular weight is 483 g/mol. The molecule has 1 amide bonds. The third-order valence-electron chi connectivity index (χ3n) is 6.06. The van der Waals surface area contributed by atoms with Crippen LogP contribution in [-0.2, 0) is 16.1 Å². The first-order chi connectivity index (χ1) is 17.6. The maximum atomic E-state index is 13.4. The van der Waals surface area contributed by atoms with E-state index in [-0.39, 0.29) is 12.1 Å². The Morgan fingerprint density at radius 1 is 1.08 bits per heavy atom. The topological polar surface area (TPSA) is 79.7 Å². The molecule has 1 unspecified atom stereocenters. The molecule has 36 heavy (non-hydrogen) atoms. The highest BCUT2D eigenvalue weighted by Gasteiger charge is 2.43. The van der Waals surface area contributed by atoms with E-state index in [1.165, 1.54) is 11.0 Å². The van der Waals surface area contributed by atoms with Crippen LogP contribution in [0.25, 0.3) is 6.08 Å². The third kappa shape index (κ3) is 5.89. The Morgan fingerprint density at radius 3 is 2.67 bits per heavy atom. The van der Waals surface area contributed by atoms with Gasteiger partial charge in [0.05, 0.1) is 18.2 Å². The van der Waals surface area contributed by atoms with Gasteiger partial charge in [0.2, 0.25) is 0 Å². The number of hydrogen-bond acceptors (Lipinski definition) is 5. The van der Waals surface area contributed by atoms with Crippen LogP contribution in [0.15, 0.2) is 96.5 Å². The van der Waals surface area contributed by atoms with E-state index in [1.807, 2.05) is 60.7 Å². The molecule has 2 heterocycles. The lowest BCUT2D eigenvalue weighted by molar-refractivity contribution is -0.130. The molecular formula is C30H30N2O4. The number of unbranched alkanes of at least 4 members (excludes halogenated alkanes) is 2. The van der Waals surface area contributed by atoms with Crippen molar-refractivity contribution < 1.29 is 19.4 Å². The van der Waals surface area contributed by atoms with Crippen LogP contribution in [0.1, 0.15) is 48.9 Å². The highest BCUT2D eigenvalue weighted by atomic mass is 16.5. The molecule has 1 aliphatic heterocycles. The lowest BCUT2D eigenvalue weighted by Crippen LogP contribution is -2.30. The Hall–Kier alpha value is -4.19. The number of benzene rings is 2. The zero-order valence-corrected chi connectivity index (χ0v) is 20.3. The fourth-order valence-electron chi connectivity index (χ4n) is 4.25. The Labute approximate surface area is 211 Å². The predicted octanol–water partition coefficient (Wildman–Crippen LogP) is 5.83. The zero-order chi connectivity index (χ0) is 25.3. The van der Waals surface area contributed by atoms with Crippen LogP contribution in [0.3, 0.4) is 0 Å². The van der Waals surface area contributed by atoms with Gasteiger partial charge in [-0.2, -0.15) is 0 Å². The number of carbonyl (C=O) groups excluding carboxylic acids is 2. The van der Waals surface area contributed by atoms with E-state index >= 15 is 0 Å². The Kier molecular flexibility index (Phi) is 8.29. The van der Waals surface area contributed by atoms with Crippen LogP contribution in [-0.4, -0.2) is 33.3 Å². The lowest BCUT2D eigenvalue weighted by atomic mass is 9.95. The zero-order valence-electron chi connectivity index (χ0n) is 20.3. The fourth-order valence-corrected chi connectivity index (χ4v) is 4.25. The second kappa shape index (κ2) is 12.0. The number of hydrogen-bond donors (Lipinski definition) is 1. The van der Waals surface area contributed by atoms with Gasteiger partial charge in [-0.05, 0) is 47.4 Å². The van der Waals surface area contributed by atoms with Gasteiger partial charge in [-0.15, -0.1) is 0 Å². The van der Waals surface area contributed by atoms with Crippen molar-refractivity contribution in [3.05, 3.63) is 113 Å². The number of pyridine rings is 1. The molecule has 6 nitrogen and oxygen atoms in total. The van der Waals surface area contributed by atoms with Gasteiger partial charge in [0, 0.05) is 18.9 Å². The van der Waals surface area contributed by atoms with Gasteiger partial charge in [-0.1, -0.05) is 74.4 Å². The molecule has 0 bridgehead atoms. The van der Waals surface area contributed by atoms with E-state index in [0.717, 1.165) is 30.4 Å². The number of aliphatic hydroxyl groups is 1. The molecule has 6 heteroatoms. The minimum absolute atomic E-state index is 0.0548. The van der Waals surface area contributed by atoms with Crippen LogP contribution in [0.4, 0.5) is 0 Å². The van der Waals surface area contributed by atoms with Crippen LogP contribution in [0.5, 0.6) is 5.75 Å². The monoisotopic (exact) mass is 482 g/mol. The molecule has 0 saturated heterocycles. The largest absolute Gasteiger partial charge is 0.503 e. The number of rotatable bonds is 11. The van der Waals surface area contributed by atoms with Crippen LogP contribution >= 0.6 is 0 Å². The highest BCUT2D eigenvalue weighted by Crippen LogP contribution is 2.40. The minimum atomic E-state index is -0.759. The van der Waals surface area contributed by atoms with Gasteiger partial charge in [0.1, 0.15) is 5.75 Å². The van der Waals surface area contributed by atoms with Crippen LogP contribution in [0, 0.1) is 0 Å². The van der Waals surface area contributed by atoms with Crippen molar-refractivity contribution in [2.75, 3.05) is 6.61 Å². The normalized spacial score (nSPS) is 15.6. The summed E-state index contributed by atoms with van der Waals surface area (Å²) in [6.45, 7) is 2.92. The summed E-state index contributed by atoms with van der Waals surface area (Å²) in [7, 11) is 0. The molecule has 1 atom stereocenters. The first kappa shape index (κ1) is 24.9. The summed E-state index contributed by atoms with van der Waals surface area (Å²) in [6, 6.07) is 19.7. The van der Waals surface area contributed by atoms with Crippen molar-refractivity contribution in [2.45, 2.75) is 38.8 Å². The van der Waals surface area contributed by atoms with E-state index in [0.29, 0.717) is 17.9 Å². The second-order valence-corrected chi connectivity index (χ2v) is 8.70. The summed E-state index contributed by atoms with van der Waals surface area (Å²) < 4.78 is 5.93. The van der Waals surface area contributed by atoms with Crippen molar-refractivity contribution >= 4 is 17.8 Å². The molecule has 0 radical (unpaired) electrons. The number of ether oxygens (including phenoxy) is 1. The number of carbonyl (C=O) groups is 2. The van der Waals surface area contributed by atoms with Gasteiger partial charge in [-0.3, -0.25) is 14.6 Å². The lowest BCUT2D eigenvalue weighted by Gasteiger charge is -2.27. The first-order valence-corrected chi connectivity index (χ1v) is 12.2. The maximum Gasteiger partial charge on any atom is 0.290 e. The SMILES string of the molecule is CCCCCOc1cccc(C2C(C(=O)/C=C/c3ccccc3)=C(O)C(=O)N2Cc2cccnc2)c1. The molecule has 4 rings (SSSR count). The molecule has 3 aromatic rings. The molecule has 1 N–H and O–H groups in total. The van der Waals surface area contributed by atoms with Crippen LogP contribution in [0.2, 0.25) is 0 Å². The van der Waals surface area contributed by atoms with Crippen LogP contribution < -0.4 is 4.74 Å². The maximum absolute atomic E-state index is 13.4. The van der Waals surface area contributed by atoms with Crippen molar-refractivity contribution in [3.63, 3.8) is 0 Å². The number of aliphatic hydroxyl groups excluding tert-OH is 1. The van der Waals surface area contributed by atoms with E-state index in [2.05, 4.69) is 11.9 Å².